The van der Waals surface area contributed by atoms with Crippen LogP contribution in [0.3, 0.4) is 0 Å². The van der Waals surface area contributed by atoms with E-state index in [9.17, 15) is 4.79 Å². The zero-order valence-electron chi connectivity index (χ0n) is 16.6. The lowest BCUT2D eigenvalue weighted by atomic mass is 10.2. The van der Waals surface area contributed by atoms with Crippen molar-refractivity contribution in [1.82, 2.24) is 5.32 Å². The molecule has 2 aromatic rings. The molecule has 0 saturated carbocycles. The van der Waals surface area contributed by atoms with E-state index >= 15 is 0 Å². The lowest BCUT2D eigenvalue weighted by Crippen LogP contribution is -2.34. The molecule has 2 aromatic carbocycles. The van der Waals surface area contributed by atoms with Gasteiger partial charge in [-0.1, -0.05) is 23.7 Å². The van der Waals surface area contributed by atoms with E-state index in [1.54, 1.807) is 26.4 Å². The number of carbonyl (C=O) groups excluding carboxylic acids is 1. The number of aryl methyl sites for hydroxylation is 1. The van der Waals surface area contributed by atoms with E-state index in [1.165, 1.54) is 0 Å². The van der Waals surface area contributed by atoms with Gasteiger partial charge in [0.2, 0.25) is 5.91 Å². The van der Waals surface area contributed by atoms with E-state index in [0.29, 0.717) is 35.3 Å². The van der Waals surface area contributed by atoms with Crippen molar-refractivity contribution < 1.29 is 14.3 Å². The van der Waals surface area contributed by atoms with Gasteiger partial charge < -0.3 is 25.8 Å². The number of carbonyl (C=O) groups is 1. The van der Waals surface area contributed by atoms with Crippen LogP contribution in [0.25, 0.3) is 0 Å². The van der Waals surface area contributed by atoms with Crippen molar-refractivity contribution in [2.75, 3.05) is 26.1 Å². The third-order valence-corrected chi connectivity index (χ3v) is 4.25. The fourth-order valence-corrected chi connectivity index (χ4v) is 2.73. The van der Waals surface area contributed by atoms with E-state index in [1.807, 2.05) is 31.2 Å². The number of halogens is 2. The topological polar surface area (TPSA) is 98.0 Å². The number of anilines is 1. The summed E-state index contributed by atoms with van der Waals surface area (Å²) in [6.45, 7) is 2.67. The minimum atomic E-state index is -0.161. The first-order valence-corrected chi connectivity index (χ1v) is 9.11. The Morgan fingerprint density at radius 3 is 2.52 bits per heavy atom. The number of aliphatic imine (C=N–C) groups is 1. The van der Waals surface area contributed by atoms with Gasteiger partial charge in [0.1, 0.15) is 0 Å². The van der Waals surface area contributed by atoms with Gasteiger partial charge in [0, 0.05) is 13.0 Å². The second-order valence-electron chi connectivity index (χ2n) is 6.10. The molecule has 0 aliphatic heterocycles. The Labute approximate surface area is 193 Å². The second-order valence-corrected chi connectivity index (χ2v) is 6.51. The van der Waals surface area contributed by atoms with Crippen LogP contribution in [0, 0.1) is 6.92 Å². The Kier molecular flexibility index (Phi) is 10.6. The van der Waals surface area contributed by atoms with Crippen molar-refractivity contribution in [3.63, 3.8) is 0 Å². The molecule has 0 bridgehead atoms. The van der Waals surface area contributed by atoms with E-state index in [4.69, 9.17) is 26.8 Å². The summed E-state index contributed by atoms with van der Waals surface area (Å²) >= 11 is 6.11. The van der Waals surface area contributed by atoms with Crippen LogP contribution in [0.15, 0.2) is 41.4 Å². The molecule has 29 heavy (non-hydrogen) atoms. The molecule has 0 saturated heterocycles. The molecule has 0 atom stereocenters. The van der Waals surface area contributed by atoms with Crippen molar-refractivity contribution >= 4 is 53.1 Å². The number of methoxy groups -OCH3 is 2. The highest BCUT2D eigenvalue weighted by molar-refractivity contribution is 14.0. The first-order valence-electron chi connectivity index (χ1n) is 8.73. The van der Waals surface area contributed by atoms with Crippen LogP contribution < -0.4 is 25.8 Å². The summed E-state index contributed by atoms with van der Waals surface area (Å²) in [4.78, 5) is 16.3. The predicted octanol–water partition coefficient (Wildman–Crippen LogP) is 3.72. The van der Waals surface area contributed by atoms with Crippen molar-refractivity contribution in [3.05, 3.63) is 52.5 Å². The number of amides is 1. The van der Waals surface area contributed by atoms with Gasteiger partial charge in [-0.05, 0) is 42.3 Å². The first kappa shape index (κ1) is 24.8. The number of guanidine groups is 1. The van der Waals surface area contributed by atoms with Gasteiger partial charge >= 0.3 is 0 Å². The minimum Gasteiger partial charge on any atom is -0.493 e. The first-order chi connectivity index (χ1) is 13.4. The molecule has 7 nitrogen and oxygen atoms in total. The molecule has 4 N–H and O–H groups in total. The summed E-state index contributed by atoms with van der Waals surface area (Å²) in [6, 6.07) is 11.0. The van der Waals surface area contributed by atoms with Gasteiger partial charge in [-0.25, -0.2) is 4.99 Å². The lowest BCUT2D eigenvalue weighted by Gasteiger charge is -2.10. The number of hydrogen-bond donors (Lipinski definition) is 3. The molecule has 0 aliphatic rings. The highest BCUT2D eigenvalue weighted by Crippen LogP contribution is 2.27. The van der Waals surface area contributed by atoms with Crippen LogP contribution in [0.5, 0.6) is 11.5 Å². The van der Waals surface area contributed by atoms with E-state index in [-0.39, 0.29) is 42.3 Å². The van der Waals surface area contributed by atoms with Crippen molar-refractivity contribution in [2.24, 2.45) is 10.7 Å². The summed E-state index contributed by atoms with van der Waals surface area (Å²) in [5, 5.41) is 6.21. The third-order valence-electron chi connectivity index (χ3n) is 3.94. The standard InChI is InChI=1S/C20H25ClN4O3.HI/c1-13-4-6-16(15(21)10-13)25-19(26)8-9-23-20(22)24-12-14-5-7-17(27-2)18(11-14)28-3;/h4-7,10-11H,8-9,12H2,1-3H3,(H,25,26)(H3,22,23,24);1H. The van der Waals surface area contributed by atoms with Crippen LogP contribution >= 0.6 is 35.6 Å². The van der Waals surface area contributed by atoms with E-state index in [2.05, 4.69) is 15.6 Å². The molecule has 1 amide bonds. The maximum Gasteiger partial charge on any atom is 0.226 e. The SMILES string of the molecule is COc1ccc(CN=C(N)NCCC(=O)Nc2ccc(C)cc2Cl)cc1OC.I. The Morgan fingerprint density at radius 2 is 1.86 bits per heavy atom. The maximum atomic E-state index is 12.0. The smallest absolute Gasteiger partial charge is 0.226 e. The van der Waals surface area contributed by atoms with Crippen LogP contribution in [0.4, 0.5) is 5.69 Å². The number of hydrogen-bond acceptors (Lipinski definition) is 4. The zero-order valence-corrected chi connectivity index (χ0v) is 19.7. The van der Waals surface area contributed by atoms with Gasteiger partial charge in [-0.2, -0.15) is 0 Å². The molecule has 0 radical (unpaired) electrons. The predicted molar refractivity (Wildman–Crippen MR) is 128 cm³/mol. The third kappa shape index (κ3) is 7.98. The number of rotatable bonds is 8. The number of nitrogens with two attached hydrogens (primary N) is 1. The summed E-state index contributed by atoms with van der Waals surface area (Å²) < 4.78 is 10.5. The molecule has 0 unspecified atom stereocenters. The number of nitrogens with one attached hydrogen (secondary N) is 2. The molecule has 2 rings (SSSR count). The van der Waals surface area contributed by atoms with Gasteiger partial charge in [-0.15, -0.1) is 24.0 Å². The van der Waals surface area contributed by atoms with Gasteiger partial charge in [0.05, 0.1) is 31.5 Å². The van der Waals surface area contributed by atoms with Crippen molar-refractivity contribution in [2.45, 2.75) is 19.9 Å². The van der Waals surface area contributed by atoms with E-state index in [0.717, 1.165) is 11.1 Å². The van der Waals surface area contributed by atoms with Gasteiger partial charge in [0.25, 0.3) is 0 Å². The summed E-state index contributed by atoms with van der Waals surface area (Å²) in [5.41, 5.74) is 8.40. The number of benzene rings is 2. The summed E-state index contributed by atoms with van der Waals surface area (Å²) in [6.07, 6.45) is 0.233. The molecule has 0 fully saturated rings. The molecule has 0 aromatic heterocycles. The lowest BCUT2D eigenvalue weighted by molar-refractivity contribution is -0.116. The zero-order chi connectivity index (χ0) is 20.5. The number of nitrogens with zero attached hydrogens (tertiary/aromatic N) is 1. The van der Waals surface area contributed by atoms with E-state index < -0.39 is 0 Å². The molecule has 0 heterocycles. The highest BCUT2D eigenvalue weighted by atomic mass is 127. The average Bonchev–Trinajstić information content (AvgIpc) is 2.68. The molecule has 9 heteroatoms. The van der Waals surface area contributed by atoms with Crippen LogP contribution in [-0.4, -0.2) is 32.6 Å². The largest absolute Gasteiger partial charge is 0.493 e. The molecular formula is C20H26ClIN4O3. The maximum absolute atomic E-state index is 12.0. The molecule has 0 spiro atoms. The fraction of sp³-hybridized carbons (Fsp3) is 0.300. The quantitative estimate of drug-likeness (QED) is 0.274. The minimum absolute atomic E-state index is 0. The Morgan fingerprint density at radius 1 is 1.14 bits per heavy atom. The van der Waals surface area contributed by atoms with Crippen molar-refractivity contribution in [3.8, 4) is 11.5 Å². The number of ether oxygens (including phenoxy) is 2. The van der Waals surface area contributed by atoms with Crippen LogP contribution in [0.1, 0.15) is 17.5 Å². The van der Waals surface area contributed by atoms with Gasteiger partial charge in [0.15, 0.2) is 17.5 Å². The Hall–Kier alpha value is -2.20. The molecule has 0 aliphatic carbocycles. The average molecular weight is 533 g/mol. The molecule has 158 valence electrons. The van der Waals surface area contributed by atoms with Gasteiger partial charge in [-0.3, -0.25) is 4.79 Å². The van der Waals surface area contributed by atoms with Crippen LogP contribution in [-0.2, 0) is 11.3 Å². The highest BCUT2D eigenvalue weighted by Gasteiger charge is 2.07. The van der Waals surface area contributed by atoms with Crippen LogP contribution in [0.2, 0.25) is 5.02 Å². The summed E-state index contributed by atoms with van der Waals surface area (Å²) in [5.74, 6) is 1.39. The fourth-order valence-electron chi connectivity index (χ4n) is 2.45. The van der Waals surface area contributed by atoms with Crippen molar-refractivity contribution in [1.29, 1.82) is 0 Å². The Balaban J connectivity index is 0.00000420. The summed E-state index contributed by atoms with van der Waals surface area (Å²) in [7, 11) is 3.16. The second kappa shape index (κ2) is 12.4. The molecular weight excluding hydrogens is 507 g/mol. The Bertz CT molecular complexity index is 862. The normalized spacial score (nSPS) is 10.7. The monoisotopic (exact) mass is 532 g/mol.